The minimum absolute atomic E-state index is 0.206. The normalized spacial score (nSPS) is 11.7. The second-order valence-electron chi connectivity index (χ2n) is 5.23. The van der Waals surface area contributed by atoms with Crippen molar-refractivity contribution in [3.05, 3.63) is 99.0 Å². The van der Waals surface area contributed by atoms with Gasteiger partial charge in [0.05, 0.1) is 12.9 Å². The highest BCUT2D eigenvalue weighted by molar-refractivity contribution is 9.10. The maximum Gasteiger partial charge on any atom is 0.299 e. The summed E-state index contributed by atoms with van der Waals surface area (Å²) in [6.45, 7) is 0.392. The zero-order valence-electron chi connectivity index (χ0n) is 13.1. The molecule has 0 amide bonds. The Morgan fingerprint density at radius 3 is 2.44 bits per heavy atom. The molecule has 0 aliphatic rings. The molecule has 7 heteroatoms. The molecule has 0 saturated carbocycles. The summed E-state index contributed by atoms with van der Waals surface area (Å²) in [6, 6.07) is 16.6. The second kappa shape index (κ2) is 7.76. The zero-order valence-corrected chi connectivity index (χ0v) is 14.7. The standard InChI is InChI=1S/C18H14BrN3O3/c19-16-8-6-15(7-9-16)18(25-22(23)24)17(12-21-11-10-20-13-21)14-4-2-1-3-5-14/h1-11,13H,12H2/b18-17-. The summed E-state index contributed by atoms with van der Waals surface area (Å²) in [7, 11) is 0. The number of benzene rings is 2. The molecule has 0 atom stereocenters. The van der Waals surface area contributed by atoms with E-state index < -0.39 is 5.09 Å². The van der Waals surface area contributed by atoms with Gasteiger partial charge in [-0.2, -0.15) is 0 Å². The highest BCUT2D eigenvalue weighted by atomic mass is 79.9. The van der Waals surface area contributed by atoms with E-state index in [1.165, 1.54) is 0 Å². The second-order valence-corrected chi connectivity index (χ2v) is 6.15. The molecule has 0 aliphatic carbocycles. The minimum atomic E-state index is -0.784. The van der Waals surface area contributed by atoms with E-state index in [4.69, 9.17) is 4.84 Å². The Kier molecular flexibility index (Phi) is 5.25. The van der Waals surface area contributed by atoms with E-state index in [2.05, 4.69) is 20.9 Å². The van der Waals surface area contributed by atoms with Gasteiger partial charge in [-0.1, -0.05) is 58.4 Å². The Balaban J connectivity index is 2.17. The van der Waals surface area contributed by atoms with Crippen LogP contribution in [0, 0.1) is 10.1 Å². The highest BCUT2D eigenvalue weighted by Crippen LogP contribution is 2.30. The number of halogens is 1. The third kappa shape index (κ3) is 4.33. The molecule has 3 rings (SSSR count). The Bertz CT molecular complexity index is 876. The van der Waals surface area contributed by atoms with Gasteiger partial charge in [-0.15, -0.1) is 10.1 Å². The van der Waals surface area contributed by atoms with Gasteiger partial charge in [-0.3, -0.25) is 4.84 Å². The van der Waals surface area contributed by atoms with Crippen molar-refractivity contribution in [2.45, 2.75) is 6.54 Å². The summed E-state index contributed by atoms with van der Waals surface area (Å²) in [5, 5.41) is 10.3. The van der Waals surface area contributed by atoms with Crippen LogP contribution in [-0.2, 0) is 11.4 Å². The topological polar surface area (TPSA) is 70.2 Å². The van der Waals surface area contributed by atoms with Gasteiger partial charge in [0.1, 0.15) is 5.76 Å². The largest absolute Gasteiger partial charge is 0.333 e. The molecule has 25 heavy (non-hydrogen) atoms. The van der Waals surface area contributed by atoms with Gasteiger partial charge >= 0.3 is 0 Å². The van der Waals surface area contributed by atoms with E-state index in [0.717, 1.165) is 10.0 Å². The summed E-state index contributed by atoms with van der Waals surface area (Å²) >= 11 is 3.37. The first-order valence-corrected chi connectivity index (χ1v) is 8.25. The first-order chi connectivity index (χ1) is 12.1. The predicted octanol–water partition coefficient (Wildman–Crippen LogP) is 4.42. The fourth-order valence-corrected chi connectivity index (χ4v) is 2.72. The molecule has 0 aliphatic heterocycles. The SMILES string of the molecule is O=[N+]([O-])O/C(=C(/Cn1ccnc1)c1ccccc1)c1ccc(Br)cc1. The van der Waals surface area contributed by atoms with E-state index in [1.54, 1.807) is 30.9 Å². The molecular formula is C18H14BrN3O3. The number of hydrogen-bond donors (Lipinski definition) is 0. The van der Waals surface area contributed by atoms with Crippen LogP contribution in [-0.4, -0.2) is 14.6 Å². The van der Waals surface area contributed by atoms with Gasteiger partial charge in [-0.25, -0.2) is 4.98 Å². The summed E-state index contributed by atoms with van der Waals surface area (Å²) in [4.78, 5) is 20.1. The summed E-state index contributed by atoms with van der Waals surface area (Å²) in [5.41, 5.74) is 2.16. The van der Waals surface area contributed by atoms with Crippen LogP contribution in [0.5, 0.6) is 0 Å². The van der Waals surface area contributed by atoms with Gasteiger partial charge in [0.2, 0.25) is 0 Å². The molecule has 0 unspecified atom stereocenters. The number of nitrogens with zero attached hydrogens (tertiary/aromatic N) is 3. The lowest BCUT2D eigenvalue weighted by molar-refractivity contribution is -0.730. The average molecular weight is 400 g/mol. The Morgan fingerprint density at radius 1 is 1.12 bits per heavy atom. The molecule has 0 radical (unpaired) electrons. The molecule has 1 aromatic heterocycles. The maximum absolute atomic E-state index is 11.1. The quantitative estimate of drug-likeness (QED) is 0.266. The van der Waals surface area contributed by atoms with Crippen LogP contribution in [0.3, 0.4) is 0 Å². The van der Waals surface area contributed by atoms with Gasteiger partial charge in [0.25, 0.3) is 5.09 Å². The van der Waals surface area contributed by atoms with Crippen molar-refractivity contribution in [3.8, 4) is 0 Å². The van der Waals surface area contributed by atoms with Crippen LogP contribution in [0.15, 0.2) is 77.8 Å². The van der Waals surface area contributed by atoms with Crippen molar-refractivity contribution in [1.29, 1.82) is 0 Å². The third-order valence-electron chi connectivity index (χ3n) is 3.57. The molecule has 0 spiro atoms. The van der Waals surface area contributed by atoms with Gasteiger partial charge in [0, 0.05) is 28.0 Å². The van der Waals surface area contributed by atoms with E-state index in [-0.39, 0.29) is 5.76 Å². The van der Waals surface area contributed by atoms with Crippen LogP contribution < -0.4 is 0 Å². The fourth-order valence-electron chi connectivity index (χ4n) is 2.45. The van der Waals surface area contributed by atoms with Crippen molar-refractivity contribution < 1.29 is 9.92 Å². The fraction of sp³-hybridized carbons (Fsp3) is 0.0556. The Morgan fingerprint density at radius 2 is 1.84 bits per heavy atom. The Labute approximate surface area is 152 Å². The van der Waals surface area contributed by atoms with Gasteiger partial charge in [0.15, 0.2) is 0 Å². The smallest absolute Gasteiger partial charge is 0.299 e. The number of hydrogen-bond acceptors (Lipinski definition) is 4. The lowest BCUT2D eigenvalue weighted by atomic mass is 10.0. The lowest BCUT2D eigenvalue weighted by Gasteiger charge is -2.15. The molecule has 1 heterocycles. The Hall–Kier alpha value is -2.93. The minimum Gasteiger partial charge on any atom is -0.333 e. The number of allylic oxidation sites excluding steroid dienone is 1. The van der Waals surface area contributed by atoms with E-state index in [1.807, 2.05) is 47.0 Å². The molecule has 0 bridgehead atoms. The predicted molar refractivity (Wildman–Crippen MR) is 97.7 cm³/mol. The van der Waals surface area contributed by atoms with E-state index in [0.29, 0.717) is 17.7 Å². The molecule has 2 aromatic carbocycles. The first-order valence-electron chi connectivity index (χ1n) is 7.46. The molecular weight excluding hydrogens is 386 g/mol. The van der Waals surface area contributed by atoms with Crippen molar-refractivity contribution in [1.82, 2.24) is 9.55 Å². The monoisotopic (exact) mass is 399 g/mol. The number of aromatic nitrogens is 2. The van der Waals surface area contributed by atoms with Gasteiger partial charge < -0.3 is 4.57 Å². The van der Waals surface area contributed by atoms with Gasteiger partial charge in [-0.05, 0) is 17.7 Å². The summed E-state index contributed by atoms with van der Waals surface area (Å²) in [6.07, 6.45) is 5.12. The van der Waals surface area contributed by atoms with Crippen LogP contribution in [0.2, 0.25) is 0 Å². The van der Waals surface area contributed by atoms with Crippen molar-refractivity contribution in [2.24, 2.45) is 0 Å². The molecule has 0 N–H and O–H groups in total. The molecule has 126 valence electrons. The summed E-state index contributed by atoms with van der Waals surface area (Å²) in [5.74, 6) is 0.206. The lowest BCUT2D eigenvalue weighted by Crippen LogP contribution is -2.07. The van der Waals surface area contributed by atoms with Crippen LogP contribution in [0.1, 0.15) is 11.1 Å². The third-order valence-corrected chi connectivity index (χ3v) is 4.10. The first kappa shape index (κ1) is 16.9. The van der Waals surface area contributed by atoms with Crippen LogP contribution >= 0.6 is 15.9 Å². The van der Waals surface area contributed by atoms with Crippen molar-refractivity contribution in [2.75, 3.05) is 0 Å². The maximum atomic E-state index is 11.1. The highest BCUT2D eigenvalue weighted by Gasteiger charge is 2.16. The van der Waals surface area contributed by atoms with E-state index in [9.17, 15) is 10.1 Å². The molecule has 3 aromatic rings. The molecule has 0 saturated heterocycles. The van der Waals surface area contributed by atoms with Crippen molar-refractivity contribution >= 4 is 27.3 Å². The molecule has 6 nitrogen and oxygen atoms in total. The van der Waals surface area contributed by atoms with Crippen LogP contribution in [0.4, 0.5) is 0 Å². The molecule has 0 fully saturated rings. The average Bonchev–Trinajstić information content (AvgIpc) is 3.12. The number of rotatable bonds is 6. The number of imidazole rings is 1. The van der Waals surface area contributed by atoms with Crippen LogP contribution in [0.25, 0.3) is 11.3 Å². The zero-order chi connectivity index (χ0) is 17.6. The van der Waals surface area contributed by atoms with E-state index >= 15 is 0 Å². The summed E-state index contributed by atoms with van der Waals surface area (Å²) < 4.78 is 2.72. The van der Waals surface area contributed by atoms with Crippen molar-refractivity contribution in [3.63, 3.8) is 0 Å².